The fraction of sp³-hybridized carbons (Fsp3) is 0.462. The molecule has 1 heterocycles. The Kier molecular flexibility index (Phi) is 3.56. The van der Waals surface area contributed by atoms with Crippen LogP contribution in [-0.4, -0.2) is 32.9 Å². The fourth-order valence-corrected chi connectivity index (χ4v) is 2.19. The van der Waals surface area contributed by atoms with Gasteiger partial charge in [-0.1, -0.05) is 12.1 Å². The highest BCUT2D eigenvalue weighted by Crippen LogP contribution is 2.34. The number of benzene rings is 1. The number of para-hydroxylation sites is 2. The van der Waals surface area contributed by atoms with Crippen molar-refractivity contribution >= 4 is 11.4 Å². The van der Waals surface area contributed by atoms with Crippen molar-refractivity contribution < 1.29 is 13.2 Å². The maximum absolute atomic E-state index is 12.7. The quantitative estimate of drug-likeness (QED) is 0.827. The number of nitriles is 1. The van der Waals surface area contributed by atoms with Crippen molar-refractivity contribution in [2.24, 2.45) is 5.92 Å². The number of nitrogens with zero attached hydrogens (tertiary/aromatic N) is 3. The summed E-state index contributed by atoms with van der Waals surface area (Å²) in [5.41, 5.74) is 1.65. The fourth-order valence-electron chi connectivity index (χ4n) is 2.19. The first kappa shape index (κ1) is 13.5. The lowest BCUT2D eigenvalue weighted by atomic mass is 10.1. The highest BCUT2D eigenvalue weighted by atomic mass is 19.4. The molecule has 0 saturated carbocycles. The zero-order chi connectivity index (χ0) is 14.0. The Balaban J connectivity index is 2.24. The Morgan fingerprint density at radius 2 is 1.89 bits per heavy atom. The summed E-state index contributed by atoms with van der Waals surface area (Å²) >= 11 is 0. The summed E-state index contributed by atoms with van der Waals surface area (Å²) in [5, 5.41) is 8.69. The summed E-state index contributed by atoms with van der Waals surface area (Å²) in [6, 6.07) is 8.65. The van der Waals surface area contributed by atoms with Gasteiger partial charge in [-0.2, -0.15) is 18.4 Å². The van der Waals surface area contributed by atoms with E-state index in [9.17, 15) is 13.2 Å². The van der Waals surface area contributed by atoms with Gasteiger partial charge >= 0.3 is 6.18 Å². The first-order chi connectivity index (χ1) is 8.93. The molecular weight excluding hydrogens is 255 g/mol. The number of fused-ring (bicyclic) bond motifs is 1. The maximum Gasteiger partial charge on any atom is 0.406 e. The summed E-state index contributed by atoms with van der Waals surface area (Å²) in [6.45, 7) is 0.819. The monoisotopic (exact) mass is 269 g/mol. The Bertz CT molecular complexity index is 493. The van der Waals surface area contributed by atoms with Crippen LogP contribution in [0.3, 0.4) is 0 Å². The molecule has 1 unspecified atom stereocenters. The lowest BCUT2D eigenvalue weighted by Gasteiger charge is -2.38. The van der Waals surface area contributed by atoms with Gasteiger partial charge in [-0.05, 0) is 12.1 Å². The van der Waals surface area contributed by atoms with Gasteiger partial charge in [-0.3, -0.25) is 0 Å². The molecule has 1 aromatic carbocycles. The van der Waals surface area contributed by atoms with Gasteiger partial charge in [0.25, 0.3) is 0 Å². The van der Waals surface area contributed by atoms with E-state index in [0.717, 1.165) is 11.4 Å². The molecule has 0 bridgehead atoms. The minimum Gasteiger partial charge on any atom is -0.371 e. The number of hydrogen-bond acceptors (Lipinski definition) is 3. The van der Waals surface area contributed by atoms with Gasteiger partial charge in [0.2, 0.25) is 0 Å². The van der Waals surface area contributed by atoms with E-state index in [-0.39, 0.29) is 6.54 Å². The van der Waals surface area contributed by atoms with Crippen molar-refractivity contribution in [1.82, 2.24) is 0 Å². The van der Waals surface area contributed by atoms with Crippen LogP contribution in [0.1, 0.15) is 0 Å². The van der Waals surface area contributed by atoms with Gasteiger partial charge in [0.15, 0.2) is 5.92 Å². The van der Waals surface area contributed by atoms with Gasteiger partial charge in [0.05, 0.1) is 17.4 Å². The molecule has 3 nitrogen and oxygen atoms in total. The molecule has 0 N–H and O–H groups in total. The summed E-state index contributed by atoms with van der Waals surface area (Å²) < 4.78 is 38.0. The van der Waals surface area contributed by atoms with E-state index >= 15 is 0 Å². The van der Waals surface area contributed by atoms with E-state index in [1.807, 2.05) is 24.1 Å². The molecule has 0 aromatic heterocycles. The third-order valence-corrected chi connectivity index (χ3v) is 3.29. The second kappa shape index (κ2) is 5.00. The minimum absolute atomic E-state index is 0.315. The van der Waals surface area contributed by atoms with Crippen molar-refractivity contribution in [3.63, 3.8) is 0 Å². The van der Waals surface area contributed by atoms with Crippen molar-refractivity contribution in [3.05, 3.63) is 24.3 Å². The number of rotatable bonds is 2. The first-order valence-electron chi connectivity index (χ1n) is 5.95. The molecule has 6 heteroatoms. The second-order valence-corrected chi connectivity index (χ2v) is 4.58. The van der Waals surface area contributed by atoms with Crippen LogP contribution < -0.4 is 9.80 Å². The molecule has 1 aliphatic rings. The summed E-state index contributed by atoms with van der Waals surface area (Å²) in [6.07, 6.45) is -4.48. The normalized spacial score (nSPS) is 16.8. The van der Waals surface area contributed by atoms with E-state index < -0.39 is 12.1 Å². The van der Waals surface area contributed by atoms with Crippen LogP contribution >= 0.6 is 0 Å². The molecular formula is C13H14F3N3. The Morgan fingerprint density at radius 1 is 1.26 bits per heavy atom. The average Bonchev–Trinajstić information content (AvgIpc) is 2.37. The predicted octanol–water partition coefficient (Wildman–Crippen LogP) is 2.64. The Labute approximate surface area is 109 Å². The van der Waals surface area contributed by atoms with Crippen LogP contribution in [0.15, 0.2) is 24.3 Å². The highest BCUT2D eigenvalue weighted by Gasteiger charge is 2.41. The summed E-state index contributed by atoms with van der Waals surface area (Å²) in [5.74, 6) is -1.95. The number of halogens is 3. The molecule has 1 atom stereocenters. The second-order valence-electron chi connectivity index (χ2n) is 4.58. The third-order valence-electron chi connectivity index (χ3n) is 3.29. The maximum atomic E-state index is 12.7. The van der Waals surface area contributed by atoms with Crippen LogP contribution in [0.5, 0.6) is 0 Å². The molecule has 2 rings (SSSR count). The smallest absolute Gasteiger partial charge is 0.371 e. The van der Waals surface area contributed by atoms with Gasteiger partial charge in [-0.25, -0.2) is 0 Å². The summed E-state index contributed by atoms with van der Waals surface area (Å²) in [4.78, 5) is 3.64. The predicted molar refractivity (Wildman–Crippen MR) is 67.1 cm³/mol. The third kappa shape index (κ3) is 2.75. The molecule has 0 radical (unpaired) electrons. The zero-order valence-corrected chi connectivity index (χ0v) is 10.5. The van der Waals surface area contributed by atoms with E-state index in [2.05, 4.69) is 0 Å². The van der Waals surface area contributed by atoms with Crippen LogP contribution in [0.2, 0.25) is 0 Å². The first-order valence-corrected chi connectivity index (χ1v) is 5.95. The van der Waals surface area contributed by atoms with Crippen molar-refractivity contribution in [2.75, 3.05) is 36.5 Å². The number of anilines is 2. The number of hydrogen-bond donors (Lipinski definition) is 0. The van der Waals surface area contributed by atoms with Crippen molar-refractivity contribution in [3.8, 4) is 6.07 Å². The van der Waals surface area contributed by atoms with Gasteiger partial charge in [0.1, 0.15) is 0 Å². The van der Waals surface area contributed by atoms with Gasteiger partial charge < -0.3 is 9.80 Å². The molecule has 0 spiro atoms. The highest BCUT2D eigenvalue weighted by molar-refractivity contribution is 5.73. The van der Waals surface area contributed by atoms with E-state index in [4.69, 9.17) is 5.26 Å². The Morgan fingerprint density at radius 3 is 2.47 bits per heavy atom. The zero-order valence-electron chi connectivity index (χ0n) is 10.5. The Hall–Kier alpha value is -1.90. The standard InChI is InChI=1S/C13H14F3N3/c1-18-6-7-19(9-10(8-17)13(14,15)16)12-5-3-2-4-11(12)18/h2-5,10H,6-7,9H2,1H3. The van der Waals surface area contributed by atoms with E-state index in [0.29, 0.717) is 13.1 Å². The topological polar surface area (TPSA) is 30.3 Å². The van der Waals surface area contributed by atoms with E-state index in [1.54, 1.807) is 17.0 Å². The molecule has 0 fully saturated rings. The summed E-state index contributed by atoms with van der Waals surface area (Å²) in [7, 11) is 1.90. The van der Waals surface area contributed by atoms with Crippen LogP contribution in [0.4, 0.5) is 24.5 Å². The van der Waals surface area contributed by atoms with Crippen LogP contribution in [0.25, 0.3) is 0 Å². The van der Waals surface area contributed by atoms with Gasteiger partial charge in [-0.15, -0.1) is 0 Å². The average molecular weight is 269 g/mol. The molecule has 1 aromatic rings. The molecule has 1 aliphatic heterocycles. The molecule has 19 heavy (non-hydrogen) atoms. The lowest BCUT2D eigenvalue weighted by Crippen LogP contribution is -2.43. The van der Waals surface area contributed by atoms with Crippen molar-refractivity contribution in [1.29, 1.82) is 5.26 Å². The largest absolute Gasteiger partial charge is 0.406 e. The number of alkyl halides is 3. The minimum atomic E-state index is -4.48. The molecule has 0 aliphatic carbocycles. The lowest BCUT2D eigenvalue weighted by molar-refractivity contribution is -0.156. The molecule has 0 amide bonds. The van der Waals surface area contributed by atoms with Crippen LogP contribution in [-0.2, 0) is 0 Å². The molecule has 102 valence electrons. The SMILES string of the molecule is CN1CCN(CC(C#N)C(F)(F)F)c2ccccc21. The molecule has 0 saturated heterocycles. The van der Waals surface area contributed by atoms with E-state index in [1.165, 1.54) is 6.07 Å². The van der Waals surface area contributed by atoms with Gasteiger partial charge in [0, 0.05) is 26.7 Å². The number of likely N-dealkylation sites (N-methyl/N-ethyl adjacent to an activating group) is 1. The van der Waals surface area contributed by atoms with Crippen molar-refractivity contribution in [2.45, 2.75) is 6.18 Å². The van der Waals surface area contributed by atoms with Crippen LogP contribution in [0, 0.1) is 17.2 Å².